The molecule has 4 nitrogen and oxygen atoms in total. The predicted octanol–water partition coefficient (Wildman–Crippen LogP) is 4.32. The molecule has 4 heteroatoms. The first kappa shape index (κ1) is 13.2. The molecule has 0 amide bonds. The summed E-state index contributed by atoms with van der Waals surface area (Å²) in [7, 11) is 1.76. The number of hydrogen-bond acceptors (Lipinski definition) is 3. The van der Waals surface area contributed by atoms with E-state index in [4.69, 9.17) is 4.98 Å². The second-order valence-electron chi connectivity index (χ2n) is 5.91. The van der Waals surface area contributed by atoms with Crippen LogP contribution in [-0.4, -0.2) is 23.7 Å². The lowest BCUT2D eigenvalue weighted by atomic mass is 10.1. The molecule has 0 aliphatic carbocycles. The molecular formula is C20H14N4. The number of H-pyrrole nitrogens is 1. The summed E-state index contributed by atoms with van der Waals surface area (Å²) in [5.74, 6) is 0. The van der Waals surface area contributed by atoms with Crippen molar-refractivity contribution in [3.63, 3.8) is 0 Å². The average molecular weight is 310 g/mol. The Morgan fingerprint density at radius 2 is 1.83 bits per heavy atom. The van der Waals surface area contributed by atoms with E-state index in [1.165, 1.54) is 21.5 Å². The molecule has 1 heterocycles. The molecule has 0 aliphatic heterocycles. The third-order valence-corrected chi connectivity index (χ3v) is 4.66. The lowest BCUT2D eigenvalue weighted by Crippen LogP contribution is -2.02. The van der Waals surface area contributed by atoms with Crippen molar-refractivity contribution in [2.24, 2.45) is 9.98 Å². The number of aromatic amines is 1. The first-order valence-electron chi connectivity index (χ1n) is 7.80. The van der Waals surface area contributed by atoms with Gasteiger partial charge in [-0.25, -0.2) is 4.98 Å². The van der Waals surface area contributed by atoms with Crippen molar-refractivity contribution in [3.05, 3.63) is 53.9 Å². The molecule has 5 rings (SSSR count). The van der Waals surface area contributed by atoms with Crippen molar-refractivity contribution in [2.45, 2.75) is 0 Å². The minimum atomic E-state index is 0.750. The third-order valence-electron chi connectivity index (χ3n) is 4.66. The van der Waals surface area contributed by atoms with Crippen molar-refractivity contribution < 1.29 is 0 Å². The maximum Gasteiger partial charge on any atom is 0.0957 e. The quantitative estimate of drug-likeness (QED) is 0.460. The fraction of sp³-hybridized carbons (Fsp3) is 0.0500. The van der Waals surface area contributed by atoms with Crippen molar-refractivity contribution in [1.29, 1.82) is 0 Å². The Bertz CT molecular complexity index is 1320. The first-order chi connectivity index (χ1) is 11.8. The summed E-state index contributed by atoms with van der Waals surface area (Å²) < 4.78 is 0. The third kappa shape index (κ3) is 1.60. The van der Waals surface area contributed by atoms with Gasteiger partial charge in [0.15, 0.2) is 0 Å². The predicted molar refractivity (Wildman–Crippen MR) is 100 cm³/mol. The molecule has 5 aromatic rings. The van der Waals surface area contributed by atoms with Crippen LogP contribution >= 0.6 is 0 Å². The monoisotopic (exact) mass is 310 g/mol. The molecule has 0 radical (unpaired) electrons. The van der Waals surface area contributed by atoms with Gasteiger partial charge < -0.3 is 4.98 Å². The molecule has 0 unspecified atom stereocenters. The van der Waals surface area contributed by atoms with Crippen molar-refractivity contribution in [3.8, 4) is 0 Å². The Kier molecular flexibility index (Phi) is 2.54. The van der Waals surface area contributed by atoms with E-state index in [0.717, 1.165) is 33.1 Å². The molecule has 24 heavy (non-hydrogen) atoms. The standard InChI is InChI=1S/C20H14N4/c1-21-14-9-16-17(10-15(14)22-2)24-20-13-8-4-6-11-5-3-7-12(18(11)13)19(20)23-16/h3-10,24H,1H2,2H3. The summed E-state index contributed by atoms with van der Waals surface area (Å²) in [6.07, 6.45) is 0. The van der Waals surface area contributed by atoms with Crippen LogP contribution in [0.15, 0.2) is 58.5 Å². The second-order valence-corrected chi connectivity index (χ2v) is 5.91. The fourth-order valence-corrected chi connectivity index (χ4v) is 3.57. The molecule has 0 saturated heterocycles. The molecule has 1 aromatic heterocycles. The van der Waals surface area contributed by atoms with E-state index >= 15 is 0 Å². The van der Waals surface area contributed by atoms with Crippen molar-refractivity contribution >= 4 is 56.0 Å². The molecule has 0 fully saturated rings. The van der Waals surface area contributed by atoms with Crippen LogP contribution in [-0.2, 0) is 0 Å². The van der Waals surface area contributed by atoms with Gasteiger partial charge in [-0.3, -0.25) is 9.98 Å². The Morgan fingerprint density at radius 1 is 1.04 bits per heavy atom. The highest BCUT2D eigenvalue weighted by Gasteiger charge is 2.14. The van der Waals surface area contributed by atoms with E-state index in [0.29, 0.717) is 0 Å². The minimum Gasteiger partial charge on any atom is -0.351 e. The summed E-state index contributed by atoms with van der Waals surface area (Å²) in [5.41, 5.74) is 4.63. The van der Waals surface area contributed by atoms with Crippen LogP contribution in [0.3, 0.4) is 0 Å². The van der Waals surface area contributed by atoms with Gasteiger partial charge in [0, 0.05) is 23.2 Å². The minimum absolute atomic E-state index is 0.750. The number of rotatable bonds is 1. The van der Waals surface area contributed by atoms with Crippen molar-refractivity contribution in [2.75, 3.05) is 7.05 Å². The van der Waals surface area contributed by atoms with Crippen LogP contribution in [0.2, 0.25) is 0 Å². The largest absolute Gasteiger partial charge is 0.351 e. The molecule has 0 saturated carbocycles. The average Bonchev–Trinajstić information content (AvgIpc) is 2.94. The van der Waals surface area contributed by atoms with Crippen LogP contribution in [0.25, 0.3) is 43.6 Å². The summed E-state index contributed by atoms with van der Waals surface area (Å²) >= 11 is 0. The zero-order valence-electron chi connectivity index (χ0n) is 13.2. The van der Waals surface area contributed by atoms with Crippen LogP contribution in [0.5, 0.6) is 0 Å². The van der Waals surface area contributed by atoms with Gasteiger partial charge in [-0.2, -0.15) is 0 Å². The molecule has 0 atom stereocenters. The number of aliphatic imine (C=N–C) groups is 1. The van der Waals surface area contributed by atoms with Crippen LogP contribution < -0.4 is 5.36 Å². The van der Waals surface area contributed by atoms with Gasteiger partial charge in [-0.05, 0) is 24.2 Å². The molecule has 0 bridgehead atoms. The van der Waals surface area contributed by atoms with Gasteiger partial charge in [0.1, 0.15) is 0 Å². The molecule has 0 aliphatic rings. The van der Waals surface area contributed by atoms with E-state index in [9.17, 15) is 0 Å². The van der Waals surface area contributed by atoms with Gasteiger partial charge in [-0.15, -0.1) is 0 Å². The topological polar surface area (TPSA) is 53.4 Å². The summed E-state index contributed by atoms with van der Waals surface area (Å²) in [5, 5.41) is 5.68. The SMILES string of the molecule is C=Nc1cc2nc3c4cccc5cccc(c3[nH]c2cc1=NC)c54. The Balaban J connectivity index is 2.06. The smallest absolute Gasteiger partial charge is 0.0957 e. The Hall–Kier alpha value is -3.27. The number of nitrogens with one attached hydrogen (secondary N) is 1. The number of aromatic nitrogens is 2. The van der Waals surface area contributed by atoms with Gasteiger partial charge in [0.05, 0.1) is 33.1 Å². The van der Waals surface area contributed by atoms with Gasteiger partial charge in [-0.1, -0.05) is 36.4 Å². The van der Waals surface area contributed by atoms with Crippen LogP contribution in [0.1, 0.15) is 0 Å². The molecule has 4 aromatic carbocycles. The van der Waals surface area contributed by atoms with E-state index in [-0.39, 0.29) is 0 Å². The highest BCUT2D eigenvalue weighted by atomic mass is 14.8. The van der Waals surface area contributed by atoms with E-state index in [2.05, 4.69) is 58.1 Å². The van der Waals surface area contributed by atoms with Gasteiger partial charge in [0.2, 0.25) is 0 Å². The van der Waals surface area contributed by atoms with E-state index < -0.39 is 0 Å². The highest BCUT2D eigenvalue weighted by Crippen LogP contribution is 2.36. The van der Waals surface area contributed by atoms with E-state index in [1.54, 1.807) is 7.05 Å². The lowest BCUT2D eigenvalue weighted by Gasteiger charge is -2.02. The van der Waals surface area contributed by atoms with Crippen LogP contribution in [0, 0.1) is 0 Å². The summed E-state index contributed by atoms with van der Waals surface area (Å²) in [6, 6.07) is 16.6. The fourth-order valence-electron chi connectivity index (χ4n) is 3.57. The zero-order valence-corrected chi connectivity index (χ0v) is 13.2. The normalized spacial score (nSPS) is 12.8. The van der Waals surface area contributed by atoms with Gasteiger partial charge in [0.25, 0.3) is 0 Å². The summed E-state index contributed by atoms with van der Waals surface area (Å²) in [6.45, 7) is 3.63. The number of benzene rings is 3. The molecule has 0 spiro atoms. The van der Waals surface area contributed by atoms with Crippen LogP contribution in [0.4, 0.5) is 5.69 Å². The first-order valence-corrected chi connectivity index (χ1v) is 7.80. The molecular weight excluding hydrogens is 296 g/mol. The molecule has 114 valence electrons. The Labute approximate surface area is 137 Å². The second kappa shape index (κ2) is 4.61. The summed E-state index contributed by atoms with van der Waals surface area (Å²) in [4.78, 5) is 16.8. The maximum atomic E-state index is 4.92. The lowest BCUT2D eigenvalue weighted by molar-refractivity contribution is 1.25. The number of hydrogen-bond donors (Lipinski definition) is 1. The molecule has 1 N–H and O–H groups in total. The van der Waals surface area contributed by atoms with E-state index in [1.807, 2.05) is 12.1 Å². The maximum absolute atomic E-state index is 4.92. The Morgan fingerprint density at radius 3 is 2.58 bits per heavy atom. The highest BCUT2D eigenvalue weighted by molar-refractivity contribution is 6.28. The zero-order chi connectivity index (χ0) is 16.3. The number of nitrogens with zero attached hydrogens (tertiary/aromatic N) is 3. The van der Waals surface area contributed by atoms with Gasteiger partial charge >= 0.3 is 0 Å². The van der Waals surface area contributed by atoms with Crippen molar-refractivity contribution in [1.82, 2.24) is 9.97 Å². The number of fused-ring (bicyclic) bond motifs is 4.